The van der Waals surface area contributed by atoms with Gasteiger partial charge in [-0.1, -0.05) is 0 Å². The van der Waals surface area contributed by atoms with E-state index in [2.05, 4.69) is 10.3 Å². The summed E-state index contributed by atoms with van der Waals surface area (Å²) in [7, 11) is 0. The first-order valence-electron chi connectivity index (χ1n) is 9.32. The van der Waals surface area contributed by atoms with Gasteiger partial charge < -0.3 is 14.6 Å². The van der Waals surface area contributed by atoms with Crippen LogP contribution in [0.4, 0.5) is 8.78 Å². The molecule has 0 saturated heterocycles. The van der Waals surface area contributed by atoms with E-state index in [1.54, 1.807) is 12.5 Å². The number of ether oxygens (including phenoxy) is 1. The summed E-state index contributed by atoms with van der Waals surface area (Å²) < 4.78 is 34.7. The number of benzene rings is 1. The molecule has 2 heterocycles. The van der Waals surface area contributed by atoms with Crippen molar-refractivity contribution in [3.8, 4) is 17.0 Å². The molecule has 4 rings (SSSR count). The minimum atomic E-state index is -2.60. The van der Waals surface area contributed by atoms with Gasteiger partial charge in [-0.2, -0.15) is 0 Å². The van der Waals surface area contributed by atoms with Crippen LogP contribution in [0.2, 0.25) is 0 Å². The summed E-state index contributed by atoms with van der Waals surface area (Å²) in [5.41, 5.74) is 4.08. The van der Waals surface area contributed by atoms with Crippen molar-refractivity contribution in [2.45, 2.75) is 58.0 Å². The van der Waals surface area contributed by atoms with E-state index in [9.17, 15) is 13.6 Å². The normalized spacial score (nSPS) is 18.8. The van der Waals surface area contributed by atoms with Crippen molar-refractivity contribution in [2.75, 3.05) is 6.61 Å². The number of alkyl halides is 2. The minimum absolute atomic E-state index is 0.173. The molecule has 1 aliphatic carbocycles. The van der Waals surface area contributed by atoms with E-state index in [0.717, 1.165) is 28.1 Å². The van der Waals surface area contributed by atoms with E-state index in [1.807, 2.05) is 24.5 Å². The van der Waals surface area contributed by atoms with Gasteiger partial charge in [-0.05, 0) is 43.9 Å². The van der Waals surface area contributed by atoms with Crippen LogP contribution < -0.4 is 10.1 Å². The lowest BCUT2D eigenvalue weighted by molar-refractivity contribution is -0.0399. The van der Waals surface area contributed by atoms with Gasteiger partial charge in [-0.15, -0.1) is 0 Å². The van der Waals surface area contributed by atoms with Crippen molar-refractivity contribution in [1.82, 2.24) is 14.9 Å². The number of carbonyl (C=O) groups is 1. The molecule has 0 spiro atoms. The quantitative estimate of drug-likeness (QED) is 0.867. The van der Waals surface area contributed by atoms with Gasteiger partial charge in [0.15, 0.2) is 0 Å². The fourth-order valence-corrected chi connectivity index (χ4v) is 3.92. The third kappa shape index (κ3) is 3.31. The largest absolute Gasteiger partial charge is 0.491 e. The molecule has 0 atom stereocenters. The van der Waals surface area contributed by atoms with Crippen molar-refractivity contribution in [2.24, 2.45) is 0 Å². The maximum atomic E-state index is 13.4. The number of rotatable bonds is 2. The number of nitrogens with zero attached hydrogens (tertiary/aromatic N) is 2. The second-order valence-electron chi connectivity index (χ2n) is 7.48. The fourth-order valence-electron chi connectivity index (χ4n) is 3.92. The highest BCUT2D eigenvalue weighted by molar-refractivity contribution is 5.98. The molecular weight excluding hydrogens is 352 g/mol. The molecule has 0 unspecified atom stereocenters. The summed E-state index contributed by atoms with van der Waals surface area (Å²) in [6.45, 7) is 5.07. The summed E-state index contributed by atoms with van der Waals surface area (Å²) >= 11 is 0. The molecule has 1 aliphatic heterocycles. The Balaban J connectivity index is 1.65. The van der Waals surface area contributed by atoms with Gasteiger partial charge in [-0.3, -0.25) is 4.79 Å². The lowest BCUT2D eigenvalue weighted by atomic mass is 9.91. The number of nitrogens with one attached hydrogen (secondary N) is 1. The zero-order valence-corrected chi connectivity index (χ0v) is 15.5. The molecule has 1 aromatic carbocycles. The first-order chi connectivity index (χ1) is 12.9. The highest BCUT2D eigenvalue weighted by Crippen LogP contribution is 2.38. The molecular formula is C20H23F2N3O2. The molecule has 144 valence electrons. The molecule has 0 bridgehead atoms. The zero-order valence-electron chi connectivity index (χ0n) is 15.5. The number of carbonyl (C=O) groups excluding carboxylic acids is 1. The monoisotopic (exact) mass is 375 g/mol. The van der Waals surface area contributed by atoms with Gasteiger partial charge >= 0.3 is 0 Å². The van der Waals surface area contributed by atoms with Crippen LogP contribution in [0.3, 0.4) is 0 Å². The van der Waals surface area contributed by atoms with Gasteiger partial charge in [0.05, 0.1) is 24.8 Å². The SMILES string of the molecule is Cc1c(C(=O)NC2CCC(F)(F)CC2)cc2c(c1C)OCCn1cncc1-2. The summed E-state index contributed by atoms with van der Waals surface area (Å²) in [5.74, 6) is -2.04. The van der Waals surface area contributed by atoms with E-state index in [-0.39, 0.29) is 24.8 Å². The Morgan fingerprint density at radius 1 is 1.30 bits per heavy atom. The number of hydrogen-bond acceptors (Lipinski definition) is 3. The smallest absolute Gasteiger partial charge is 0.251 e. The summed E-state index contributed by atoms with van der Waals surface area (Å²) in [6.07, 6.45) is 3.79. The maximum Gasteiger partial charge on any atom is 0.251 e. The topological polar surface area (TPSA) is 56.1 Å². The molecule has 2 aliphatic rings. The van der Waals surface area contributed by atoms with Gasteiger partial charge in [-0.25, -0.2) is 13.8 Å². The minimum Gasteiger partial charge on any atom is -0.491 e. The summed E-state index contributed by atoms with van der Waals surface area (Å²) in [4.78, 5) is 17.1. The zero-order chi connectivity index (χ0) is 19.2. The molecule has 1 N–H and O–H groups in total. The van der Waals surface area contributed by atoms with Gasteiger partial charge in [0.25, 0.3) is 5.91 Å². The van der Waals surface area contributed by atoms with E-state index in [4.69, 9.17) is 4.74 Å². The first kappa shape index (κ1) is 17.9. The predicted octanol–water partition coefficient (Wildman–Crippen LogP) is 3.87. The average molecular weight is 375 g/mol. The van der Waals surface area contributed by atoms with E-state index in [0.29, 0.717) is 31.6 Å². The van der Waals surface area contributed by atoms with Crippen molar-refractivity contribution >= 4 is 5.91 Å². The van der Waals surface area contributed by atoms with E-state index < -0.39 is 5.92 Å². The van der Waals surface area contributed by atoms with Crippen LogP contribution >= 0.6 is 0 Å². The van der Waals surface area contributed by atoms with Crippen molar-refractivity contribution < 1.29 is 18.3 Å². The van der Waals surface area contributed by atoms with Gasteiger partial charge in [0.2, 0.25) is 5.92 Å². The Morgan fingerprint density at radius 3 is 2.78 bits per heavy atom. The molecule has 1 aromatic heterocycles. The second-order valence-corrected chi connectivity index (χ2v) is 7.48. The molecule has 1 amide bonds. The lowest BCUT2D eigenvalue weighted by Gasteiger charge is -2.29. The third-order valence-corrected chi connectivity index (χ3v) is 5.70. The van der Waals surface area contributed by atoms with Gasteiger partial charge in [0, 0.05) is 30.0 Å². The number of amides is 1. The Kier molecular flexibility index (Phi) is 4.40. The Bertz CT molecular complexity index is 882. The Morgan fingerprint density at radius 2 is 2.04 bits per heavy atom. The number of imidazole rings is 1. The standard InChI is InChI=1S/C20H23F2N3O2/c1-12-13(2)18-16(17-10-23-11-25(17)7-8-27-18)9-15(12)19(26)24-14-3-5-20(21,22)6-4-14/h9-11,14H,3-8H2,1-2H3,(H,24,26). The van der Waals surface area contributed by atoms with Crippen LogP contribution in [-0.2, 0) is 6.54 Å². The third-order valence-electron chi connectivity index (χ3n) is 5.70. The molecule has 1 saturated carbocycles. The Hall–Kier alpha value is -2.44. The summed E-state index contributed by atoms with van der Waals surface area (Å²) in [5, 5.41) is 2.95. The Labute approximate surface area is 156 Å². The van der Waals surface area contributed by atoms with Crippen molar-refractivity contribution in [1.29, 1.82) is 0 Å². The van der Waals surface area contributed by atoms with Crippen molar-refractivity contribution in [3.05, 3.63) is 35.3 Å². The predicted molar refractivity (Wildman–Crippen MR) is 97.3 cm³/mol. The molecule has 7 heteroatoms. The molecule has 0 radical (unpaired) electrons. The van der Waals surface area contributed by atoms with E-state index >= 15 is 0 Å². The highest BCUT2D eigenvalue weighted by atomic mass is 19.3. The average Bonchev–Trinajstić information content (AvgIpc) is 3.02. The second kappa shape index (κ2) is 6.62. The molecule has 27 heavy (non-hydrogen) atoms. The van der Waals surface area contributed by atoms with Crippen LogP contribution in [0.1, 0.15) is 47.2 Å². The number of fused-ring (bicyclic) bond motifs is 3. The van der Waals surface area contributed by atoms with Crippen LogP contribution in [-0.4, -0.2) is 34.0 Å². The van der Waals surface area contributed by atoms with Crippen LogP contribution in [0.25, 0.3) is 11.3 Å². The lowest BCUT2D eigenvalue weighted by Crippen LogP contribution is -2.40. The first-order valence-corrected chi connectivity index (χ1v) is 9.32. The number of hydrogen-bond donors (Lipinski definition) is 1. The molecule has 5 nitrogen and oxygen atoms in total. The highest BCUT2D eigenvalue weighted by Gasteiger charge is 2.35. The van der Waals surface area contributed by atoms with Gasteiger partial charge in [0.1, 0.15) is 12.4 Å². The molecule has 1 fully saturated rings. The van der Waals surface area contributed by atoms with Crippen LogP contribution in [0.15, 0.2) is 18.6 Å². The van der Waals surface area contributed by atoms with Crippen molar-refractivity contribution in [3.63, 3.8) is 0 Å². The maximum absolute atomic E-state index is 13.4. The molecule has 2 aromatic rings. The fraction of sp³-hybridized carbons (Fsp3) is 0.500. The van der Waals surface area contributed by atoms with E-state index in [1.165, 1.54) is 0 Å². The van der Waals surface area contributed by atoms with Crippen LogP contribution in [0, 0.1) is 13.8 Å². The summed E-state index contributed by atoms with van der Waals surface area (Å²) in [6, 6.07) is 1.63. The van der Waals surface area contributed by atoms with Crippen LogP contribution in [0.5, 0.6) is 5.75 Å². The number of aromatic nitrogens is 2. The number of halogens is 2.